The fourth-order valence-corrected chi connectivity index (χ4v) is 1.80. The third-order valence-electron chi connectivity index (χ3n) is 2.70. The Labute approximate surface area is 105 Å². The minimum absolute atomic E-state index is 0.391. The van der Waals surface area contributed by atoms with E-state index < -0.39 is 12.1 Å². The standard InChI is InChI=1S/C13H12N2O3/c1-8-11(13(16)17-2)12(15-18-8)10-5-3-4-9(6-10)7-14/h3-6,8,15H,1-2H3. The number of esters is 1. The topological polar surface area (TPSA) is 71.4 Å². The predicted octanol–water partition coefficient (Wildman–Crippen LogP) is 1.37. The van der Waals surface area contributed by atoms with Gasteiger partial charge in [0.2, 0.25) is 0 Å². The smallest absolute Gasteiger partial charge is 0.338 e. The number of carbonyl (C=O) groups is 1. The van der Waals surface area contributed by atoms with Gasteiger partial charge in [0.05, 0.1) is 30.0 Å². The quantitative estimate of drug-likeness (QED) is 0.795. The maximum atomic E-state index is 11.7. The molecule has 92 valence electrons. The first-order chi connectivity index (χ1) is 8.67. The Kier molecular flexibility index (Phi) is 3.31. The lowest BCUT2D eigenvalue weighted by Gasteiger charge is -2.05. The number of ether oxygens (including phenoxy) is 1. The van der Waals surface area contributed by atoms with Crippen LogP contribution in [0.4, 0.5) is 0 Å². The second-order valence-corrected chi connectivity index (χ2v) is 3.84. The van der Waals surface area contributed by atoms with Crippen LogP contribution in [0.15, 0.2) is 29.8 Å². The van der Waals surface area contributed by atoms with Gasteiger partial charge in [-0.2, -0.15) is 5.26 Å². The molecule has 1 aromatic carbocycles. The average Bonchev–Trinajstić information content (AvgIpc) is 2.80. The van der Waals surface area contributed by atoms with Gasteiger partial charge in [-0.15, -0.1) is 0 Å². The Morgan fingerprint density at radius 2 is 2.33 bits per heavy atom. The Morgan fingerprint density at radius 1 is 1.56 bits per heavy atom. The molecule has 0 fully saturated rings. The molecule has 1 aromatic rings. The van der Waals surface area contributed by atoms with Gasteiger partial charge in [-0.3, -0.25) is 10.3 Å². The van der Waals surface area contributed by atoms with Crippen molar-refractivity contribution >= 4 is 11.7 Å². The number of carbonyl (C=O) groups excluding carboxylic acids is 1. The van der Waals surface area contributed by atoms with Crippen LogP contribution in [0.25, 0.3) is 5.70 Å². The van der Waals surface area contributed by atoms with E-state index in [1.807, 2.05) is 0 Å². The van der Waals surface area contributed by atoms with Crippen LogP contribution in [0.1, 0.15) is 18.1 Å². The summed E-state index contributed by atoms with van der Waals surface area (Å²) in [5.41, 5.74) is 4.92. The number of hydrogen-bond donors (Lipinski definition) is 1. The number of nitrogens with one attached hydrogen (secondary N) is 1. The molecule has 5 heteroatoms. The molecule has 5 nitrogen and oxygen atoms in total. The monoisotopic (exact) mass is 244 g/mol. The lowest BCUT2D eigenvalue weighted by atomic mass is 10.0. The van der Waals surface area contributed by atoms with Gasteiger partial charge >= 0.3 is 5.97 Å². The van der Waals surface area contributed by atoms with E-state index >= 15 is 0 Å². The van der Waals surface area contributed by atoms with E-state index in [4.69, 9.17) is 14.8 Å². The van der Waals surface area contributed by atoms with Gasteiger partial charge < -0.3 is 4.74 Å². The van der Waals surface area contributed by atoms with Gasteiger partial charge in [0.15, 0.2) is 0 Å². The van der Waals surface area contributed by atoms with Crippen LogP contribution in [-0.4, -0.2) is 19.2 Å². The fraction of sp³-hybridized carbons (Fsp3) is 0.231. The lowest BCUT2D eigenvalue weighted by molar-refractivity contribution is -0.137. The molecule has 0 saturated heterocycles. The summed E-state index contributed by atoms with van der Waals surface area (Å²) in [5.74, 6) is -0.440. The van der Waals surface area contributed by atoms with Crippen LogP contribution in [0.5, 0.6) is 0 Å². The van der Waals surface area contributed by atoms with Crippen LogP contribution < -0.4 is 5.48 Å². The number of nitrogens with zero attached hydrogens (tertiary/aromatic N) is 1. The van der Waals surface area contributed by atoms with E-state index in [-0.39, 0.29) is 0 Å². The highest BCUT2D eigenvalue weighted by molar-refractivity contribution is 5.98. The van der Waals surface area contributed by atoms with Crippen LogP contribution in [0, 0.1) is 11.3 Å². The largest absolute Gasteiger partial charge is 0.466 e. The van der Waals surface area contributed by atoms with Crippen molar-refractivity contribution in [2.75, 3.05) is 7.11 Å². The van der Waals surface area contributed by atoms with Gasteiger partial charge in [0.1, 0.15) is 6.10 Å². The molecule has 1 aliphatic rings. The molecule has 0 aromatic heterocycles. The number of methoxy groups -OCH3 is 1. The summed E-state index contributed by atoms with van der Waals surface area (Å²) in [4.78, 5) is 16.9. The number of hydroxylamine groups is 1. The molecule has 1 atom stereocenters. The molecule has 1 aliphatic heterocycles. The molecular weight excluding hydrogens is 232 g/mol. The molecule has 18 heavy (non-hydrogen) atoms. The van der Waals surface area contributed by atoms with Crippen molar-refractivity contribution in [3.8, 4) is 6.07 Å². The Hall–Kier alpha value is -2.32. The maximum Gasteiger partial charge on any atom is 0.338 e. The minimum atomic E-state index is -0.440. The van der Waals surface area contributed by atoms with E-state index in [0.29, 0.717) is 16.8 Å². The van der Waals surface area contributed by atoms with Crippen molar-refractivity contribution in [3.63, 3.8) is 0 Å². The Bertz CT molecular complexity index is 558. The first-order valence-electron chi connectivity index (χ1n) is 5.42. The van der Waals surface area contributed by atoms with Gasteiger partial charge in [0, 0.05) is 5.56 Å². The fourth-order valence-electron chi connectivity index (χ4n) is 1.80. The summed E-state index contributed by atoms with van der Waals surface area (Å²) in [6, 6.07) is 8.99. The second kappa shape index (κ2) is 4.90. The summed E-state index contributed by atoms with van der Waals surface area (Å²) in [6.07, 6.45) is -0.391. The molecule has 0 saturated carbocycles. The molecule has 0 radical (unpaired) electrons. The molecule has 2 rings (SSSR count). The summed E-state index contributed by atoms with van der Waals surface area (Å²) >= 11 is 0. The molecule has 0 aliphatic carbocycles. The van der Waals surface area contributed by atoms with Crippen LogP contribution in [0.3, 0.4) is 0 Å². The van der Waals surface area contributed by atoms with Crippen molar-refractivity contribution in [1.82, 2.24) is 5.48 Å². The van der Waals surface area contributed by atoms with Crippen LogP contribution >= 0.6 is 0 Å². The molecule has 1 unspecified atom stereocenters. The maximum absolute atomic E-state index is 11.7. The molecule has 1 heterocycles. The van der Waals surface area contributed by atoms with Crippen LogP contribution in [0.2, 0.25) is 0 Å². The highest BCUT2D eigenvalue weighted by atomic mass is 16.7. The Morgan fingerprint density at radius 3 is 3.00 bits per heavy atom. The summed E-state index contributed by atoms with van der Waals surface area (Å²) in [6.45, 7) is 1.75. The third-order valence-corrected chi connectivity index (χ3v) is 2.70. The minimum Gasteiger partial charge on any atom is -0.466 e. The van der Waals surface area contributed by atoms with Gasteiger partial charge in [0.25, 0.3) is 0 Å². The molecule has 1 N–H and O–H groups in total. The van der Waals surface area contributed by atoms with Crippen molar-refractivity contribution in [1.29, 1.82) is 5.26 Å². The molecular formula is C13H12N2O3. The van der Waals surface area contributed by atoms with Crippen LogP contribution in [-0.2, 0) is 14.4 Å². The predicted molar refractivity (Wildman–Crippen MR) is 63.8 cm³/mol. The summed E-state index contributed by atoms with van der Waals surface area (Å²) < 4.78 is 4.73. The van der Waals surface area contributed by atoms with Gasteiger partial charge in [-0.1, -0.05) is 12.1 Å². The van der Waals surface area contributed by atoms with E-state index in [1.165, 1.54) is 7.11 Å². The first-order valence-corrected chi connectivity index (χ1v) is 5.42. The highest BCUT2D eigenvalue weighted by Gasteiger charge is 2.30. The zero-order valence-corrected chi connectivity index (χ0v) is 10.1. The van der Waals surface area contributed by atoms with Gasteiger partial charge in [-0.25, -0.2) is 4.79 Å². The van der Waals surface area contributed by atoms with E-state index in [1.54, 1.807) is 31.2 Å². The first kappa shape index (κ1) is 12.1. The normalized spacial score (nSPS) is 18.2. The van der Waals surface area contributed by atoms with Gasteiger partial charge in [-0.05, 0) is 19.1 Å². The Balaban J connectivity index is 2.50. The average molecular weight is 244 g/mol. The zero-order valence-electron chi connectivity index (χ0n) is 10.1. The number of hydrogen-bond acceptors (Lipinski definition) is 5. The zero-order chi connectivity index (χ0) is 13.1. The third kappa shape index (κ3) is 2.06. The molecule has 0 bridgehead atoms. The molecule has 0 spiro atoms. The number of nitriles is 1. The van der Waals surface area contributed by atoms with E-state index in [9.17, 15) is 4.79 Å². The summed E-state index contributed by atoms with van der Waals surface area (Å²) in [5, 5.41) is 8.87. The van der Waals surface area contributed by atoms with Crippen molar-refractivity contribution in [2.45, 2.75) is 13.0 Å². The SMILES string of the molecule is COC(=O)C1=C(c2cccc(C#N)c2)NOC1C. The van der Waals surface area contributed by atoms with Crippen molar-refractivity contribution in [2.24, 2.45) is 0 Å². The molecule has 0 amide bonds. The summed E-state index contributed by atoms with van der Waals surface area (Å²) in [7, 11) is 1.32. The van der Waals surface area contributed by atoms with E-state index in [2.05, 4.69) is 11.5 Å². The number of benzene rings is 1. The van der Waals surface area contributed by atoms with E-state index in [0.717, 1.165) is 5.56 Å². The lowest BCUT2D eigenvalue weighted by Crippen LogP contribution is -2.15. The van der Waals surface area contributed by atoms with Crippen molar-refractivity contribution < 1.29 is 14.4 Å². The second-order valence-electron chi connectivity index (χ2n) is 3.84. The highest BCUT2D eigenvalue weighted by Crippen LogP contribution is 2.26. The number of rotatable bonds is 2. The van der Waals surface area contributed by atoms with Crippen molar-refractivity contribution in [3.05, 3.63) is 41.0 Å².